The van der Waals surface area contributed by atoms with Crippen LogP contribution in [0.3, 0.4) is 0 Å². The van der Waals surface area contributed by atoms with Crippen molar-refractivity contribution in [1.29, 1.82) is 0 Å². The minimum Gasteiger partial charge on any atom is -0.507 e. The van der Waals surface area contributed by atoms with Gasteiger partial charge in [-0.3, -0.25) is 0 Å². The van der Waals surface area contributed by atoms with Crippen LogP contribution < -0.4 is 5.32 Å². The highest BCUT2D eigenvalue weighted by Gasteiger charge is 2.20. The summed E-state index contributed by atoms with van der Waals surface area (Å²) >= 11 is 0. The number of hydrogen-bond acceptors (Lipinski definition) is 5. The lowest BCUT2D eigenvalue weighted by atomic mass is 9.99. The lowest BCUT2D eigenvalue weighted by Gasteiger charge is -2.11. The molecule has 0 atom stereocenters. The van der Waals surface area contributed by atoms with Crippen LogP contribution in [0.25, 0.3) is 33.1 Å². The molecule has 158 valence electrons. The van der Waals surface area contributed by atoms with Crippen LogP contribution in [0.2, 0.25) is 0 Å². The van der Waals surface area contributed by atoms with Crippen LogP contribution in [0.5, 0.6) is 17.4 Å². The highest BCUT2D eigenvalue weighted by atomic mass is 16.3. The van der Waals surface area contributed by atoms with Gasteiger partial charge in [-0.05, 0) is 70.4 Å². The van der Waals surface area contributed by atoms with E-state index in [-0.39, 0.29) is 17.4 Å². The van der Waals surface area contributed by atoms with E-state index in [0.29, 0.717) is 29.4 Å². The number of hydrogen-bond donors (Lipinski definition) is 6. The van der Waals surface area contributed by atoms with Crippen molar-refractivity contribution in [2.24, 2.45) is 0 Å². The van der Waals surface area contributed by atoms with Crippen molar-refractivity contribution in [3.05, 3.63) is 41.5 Å². The normalized spacial score (nSPS) is 11.9. The molecule has 0 bridgehead atoms. The molecule has 2 aromatic carbocycles. The average molecular weight is 409 g/mol. The quantitative estimate of drug-likeness (QED) is 0.281. The molecule has 0 amide bonds. The minimum atomic E-state index is 0.0785. The highest BCUT2D eigenvalue weighted by Crippen LogP contribution is 2.41. The van der Waals surface area contributed by atoms with Crippen molar-refractivity contribution in [3.8, 4) is 28.6 Å². The summed E-state index contributed by atoms with van der Waals surface area (Å²) in [6.07, 6.45) is 1.34. The zero-order valence-corrected chi connectivity index (χ0v) is 17.5. The Morgan fingerprint density at radius 2 is 1.67 bits per heavy atom. The Bertz CT molecular complexity index is 1210. The largest absolute Gasteiger partial charge is 0.507 e. The average Bonchev–Trinajstić information content (AvgIpc) is 3.22. The highest BCUT2D eigenvalue weighted by molar-refractivity contribution is 5.99. The maximum absolute atomic E-state index is 10.8. The van der Waals surface area contributed by atoms with E-state index in [4.69, 9.17) is 0 Å². The van der Waals surface area contributed by atoms with E-state index in [0.717, 1.165) is 40.7 Å². The van der Waals surface area contributed by atoms with Gasteiger partial charge in [0.2, 0.25) is 0 Å². The monoisotopic (exact) mass is 408 g/mol. The van der Waals surface area contributed by atoms with Gasteiger partial charge in [-0.2, -0.15) is 0 Å². The first-order chi connectivity index (χ1) is 14.4. The molecule has 0 radical (unpaired) electrons. The first-order valence-electron chi connectivity index (χ1n) is 10.1. The SMILES string of the molecule is CNCCc1c(O)[nH]c2cc(-c3[nH]c4cccc(O)c4c3CCN(C)C)cc(O)c12. The van der Waals surface area contributed by atoms with Crippen molar-refractivity contribution < 1.29 is 15.3 Å². The standard InChI is InChI=1S/C23H28N4O3/c1-24-9-7-15-21-17(26-23(15)30)11-13(12-19(21)29)22-14(8-10-27(2)3)20-16(25-22)5-4-6-18(20)28/h4-6,11-12,24-26,28-30H,7-10H2,1-3H3. The van der Waals surface area contributed by atoms with Crippen LogP contribution in [0, 0.1) is 0 Å². The molecule has 0 saturated carbocycles. The molecule has 0 aliphatic rings. The van der Waals surface area contributed by atoms with Crippen LogP contribution in [0.4, 0.5) is 0 Å². The van der Waals surface area contributed by atoms with Gasteiger partial charge in [-0.15, -0.1) is 0 Å². The Kier molecular flexibility index (Phi) is 5.32. The number of benzene rings is 2. The maximum Gasteiger partial charge on any atom is 0.192 e. The lowest BCUT2D eigenvalue weighted by molar-refractivity contribution is 0.414. The van der Waals surface area contributed by atoms with E-state index >= 15 is 0 Å². The van der Waals surface area contributed by atoms with Gasteiger partial charge >= 0.3 is 0 Å². The predicted molar refractivity (Wildman–Crippen MR) is 120 cm³/mol. The first-order valence-corrected chi connectivity index (χ1v) is 10.1. The van der Waals surface area contributed by atoms with E-state index in [1.54, 1.807) is 12.1 Å². The molecule has 0 aliphatic carbocycles. The number of fused-ring (bicyclic) bond motifs is 2. The fourth-order valence-electron chi connectivity index (χ4n) is 4.13. The van der Waals surface area contributed by atoms with Crippen LogP contribution >= 0.6 is 0 Å². The number of aromatic hydroxyl groups is 3. The molecular weight excluding hydrogens is 380 g/mol. The summed E-state index contributed by atoms with van der Waals surface area (Å²) < 4.78 is 0. The molecule has 0 aliphatic heterocycles. The van der Waals surface area contributed by atoms with E-state index in [2.05, 4.69) is 20.2 Å². The number of H-pyrrole nitrogens is 2. The predicted octanol–water partition coefficient (Wildman–Crippen LogP) is 3.30. The number of likely N-dealkylation sites (N-methyl/N-ethyl adjacent to an activating group) is 2. The fourth-order valence-corrected chi connectivity index (χ4v) is 4.13. The van der Waals surface area contributed by atoms with Crippen molar-refractivity contribution in [2.45, 2.75) is 12.8 Å². The summed E-state index contributed by atoms with van der Waals surface area (Å²) in [6.45, 7) is 1.51. The number of phenolic OH excluding ortho intramolecular Hbond substituents is 2. The Morgan fingerprint density at radius 3 is 2.40 bits per heavy atom. The van der Waals surface area contributed by atoms with E-state index in [9.17, 15) is 15.3 Å². The Hall–Kier alpha value is -3.16. The zero-order valence-electron chi connectivity index (χ0n) is 17.5. The molecule has 0 unspecified atom stereocenters. The number of phenols is 2. The molecule has 2 aromatic heterocycles. The van der Waals surface area contributed by atoms with E-state index < -0.39 is 0 Å². The number of aromatic amines is 2. The van der Waals surface area contributed by atoms with Crippen molar-refractivity contribution in [3.63, 3.8) is 0 Å². The third kappa shape index (κ3) is 3.46. The summed E-state index contributed by atoms with van der Waals surface area (Å²) in [5.41, 5.74) is 4.88. The van der Waals surface area contributed by atoms with E-state index in [1.165, 1.54) is 0 Å². The molecule has 4 aromatic rings. The third-order valence-electron chi connectivity index (χ3n) is 5.59. The third-order valence-corrected chi connectivity index (χ3v) is 5.59. The van der Waals surface area contributed by atoms with Crippen molar-refractivity contribution in [1.82, 2.24) is 20.2 Å². The number of nitrogens with zero attached hydrogens (tertiary/aromatic N) is 1. The second kappa shape index (κ2) is 7.93. The van der Waals surface area contributed by atoms with Gasteiger partial charge in [0, 0.05) is 34.0 Å². The molecule has 4 rings (SSSR count). The molecule has 7 nitrogen and oxygen atoms in total. The molecular formula is C23H28N4O3. The van der Waals surface area contributed by atoms with Gasteiger partial charge in [0.1, 0.15) is 11.5 Å². The molecule has 0 saturated heterocycles. The van der Waals surface area contributed by atoms with Gasteiger partial charge in [0.05, 0.1) is 11.2 Å². The fraction of sp³-hybridized carbons (Fsp3) is 0.304. The van der Waals surface area contributed by atoms with Crippen molar-refractivity contribution >= 4 is 21.8 Å². The van der Waals surface area contributed by atoms with Crippen LogP contribution in [-0.2, 0) is 12.8 Å². The minimum absolute atomic E-state index is 0.0785. The summed E-state index contributed by atoms with van der Waals surface area (Å²) in [7, 11) is 5.88. The van der Waals surface area contributed by atoms with Gasteiger partial charge < -0.3 is 35.5 Å². The summed E-state index contributed by atoms with van der Waals surface area (Å²) in [6, 6.07) is 9.09. The summed E-state index contributed by atoms with van der Waals surface area (Å²) in [5.74, 6) is 0.433. The summed E-state index contributed by atoms with van der Waals surface area (Å²) in [4.78, 5) is 8.51. The van der Waals surface area contributed by atoms with E-state index in [1.807, 2.05) is 39.3 Å². The van der Waals surface area contributed by atoms with Gasteiger partial charge in [-0.25, -0.2) is 0 Å². The Morgan fingerprint density at radius 1 is 0.900 bits per heavy atom. The zero-order chi connectivity index (χ0) is 21.4. The van der Waals surface area contributed by atoms with Crippen molar-refractivity contribution in [2.75, 3.05) is 34.2 Å². The Labute approximate surface area is 175 Å². The van der Waals surface area contributed by atoms with Gasteiger partial charge in [-0.1, -0.05) is 6.07 Å². The molecule has 7 heteroatoms. The second-order valence-electron chi connectivity index (χ2n) is 7.96. The maximum atomic E-state index is 10.8. The number of rotatable bonds is 7. The molecule has 0 fully saturated rings. The molecule has 6 N–H and O–H groups in total. The number of aromatic nitrogens is 2. The molecule has 30 heavy (non-hydrogen) atoms. The van der Waals surface area contributed by atoms with Gasteiger partial charge in [0.15, 0.2) is 5.88 Å². The molecule has 2 heterocycles. The van der Waals surface area contributed by atoms with Crippen LogP contribution in [0.1, 0.15) is 11.1 Å². The van der Waals surface area contributed by atoms with Crippen LogP contribution in [-0.4, -0.2) is 64.4 Å². The van der Waals surface area contributed by atoms with Gasteiger partial charge in [0.25, 0.3) is 0 Å². The number of nitrogens with one attached hydrogen (secondary N) is 3. The topological polar surface area (TPSA) is 108 Å². The first kappa shape index (κ1) is 20.1. The lowest BCUT2D eigenvalue weighted by Crippen LogP contribution is -2.15. The van der Waals surface area contributed by atoms with Crippen LogP contribution in [0.15, 0.2) is 30.3 Å². The molecule has 0 spiro atoms. The smallest absolute Gasteiger partial charge is 0.192 e. The Balaban J connectivity index is 1.89. The second-order valence-corrected chi connectivity index (χ2v) is 7.96. The summed E-state index contributed by atoms with van der Waals surface area (Å²) in [5, 5.41) is 36.2.